The highest BCUT2D eigenvalue weighted by atomic mass is 32.1. The van der Waals surface area contributed by atoms with Crippen molar-refractivity contribution in [2.45, 2.75) is 13.0 Å². The Morgan fingerprint density at radius 1 is 1.21 bits per heavy atom. The van der Waals surface area contributed by atoms with Gasteiger partial charge in [0.25, 0.3) is 0 Å². The third-order valence-corrected chi connectivity index (χ3v) is 4.52. The zero-order valence-corrected chi connectivity index (χ0v) is 12.0. The van der Waals surface area contributed by atoms with Crippen molar-refractivity contribution < 1.29 is 4.42 Å². The molecular weight excluding hydrogens is 276 g/mol. The summed E-state index contributed by atoms with van der Waals surface area (Å²) in [5.74, 6) is 0.971. The Bertz CT molecular complexity index is 599. The van der Waals surface area contributed by atoms with Gasteiger partial charge in [0.15, 0.2) is 0 Å². The Hall–Kier alpha value is -1.43. The highest BCUT2D eigenvalue weighted by Crippen LogP contribution is 2.26. The second-order valence-corrected chi connectivity index (χ2v) is 6.00. The van der Waals surface area contributed by atoms with Crippen molar-refractivity contribution in [1.82, 2.24) is 10.3 Å². The van der Waals surface area contributed by atoms with Gasteiger partial charge in [0.2, 0.25) is 0 Å². The molecule has 0 aromatic carbocycles. The minimum Gasteiger partial charge on any atom is -0.468 e. The summed E-state index contributed by atoms with van der Waals surface area (Å²) in [6.45, 7) is 1.69. The fraction of sp³-hybridized carbons (Fsp3) is 0.214. The minimum atomic E-state index is 0.774. The second-order valence-electron chi connectivity index (χ2n) is 4.11. The number of hydrogen-bond donors (Lipinski definition) is 1. The van der Waals surface area contributed by atoms with E-state index < -0.39 is 0 Å². The van der Waals surface area contributed by atoms with Gasteiger partial charge in [0.05, 0.1) is 28.4 Å². The van der Waals surface area contributed by atoms with Crippen LogP contribution in [0.2, 0.25) is 0 Å². The van der Waals surface area contributed by atoms with Crippen LogP contribution in [0.25, 0.3) is 10.6 Å². The van der Waals surface area contributed by atoms with Crippen LogP contribution >= 0.6 is 22.7 Å². The van der Waals surface area contributed by atoms with Crippen molar-refractivity contribution in [3.8, 4) is 10.6 Å². The van der Waals surface area contributed by atoms with Crippen molar-refractivity contribution in [3.05, 3.63) is 52.1 Å². The molecular formula is C14H14N2OS2. The topological polar surface area (TPSA) is 38.1 Å². The van der Waals surface area contributed by atoms with E-state index in [0.717, 1.165) is 31.0 Å². The highest BCUT2D eigenvalue weighted by Gasteiger charge is 2.05. The molecule has 0 spiro atoms. The van der Waals surface area contributed by atoms with Gasteiger partial charge in [-0.25, -0.2) is 4.98 Å². The molecule has 3 rings (SSSR count). The van der Waals surface area contributed by atoms with Crippen LogP contribution < -0.4 is 5.32 Å². The van der Waals surface area contributed by atoms with Crippen molar-refractivity contribution in [2.75, 3.05) is 6.54 Å². The fourth-order valence-corrected chi connectivity index (χ4v) is 3.34. The van der Waals surface area contributed by atoms with E-state index in [9.17, 15) is 0 Å². The standard InChI is InChI=1S/C14H14N2OS2/c1-3-11(17-7-1)9-15-6-5-14-16-12(10-19-14)13-4-2-8-18-13/h1-4,7-8,10,15H,5-6,9H2. The molecule has 98 valence electrons. The van der Waals surface area contributed by atoms with E-state index in [1.54, 1.807) is 28.9 Å². The molecule has 0 fully saturated rings. The first-order chi connectivity index (χ1) is 9.42. The summed E-state index contributed by atoms with van der Waals surface area (Å²) in [4.78, 5) is 5.89. The quantitative estimate of drug-likeness (QED) is 0.702. The number of thiophene rings is 1. The Morgan fingerprint density at radius 3 is 3.00 bits per heavy atom. The summed E-state index contributed by atoms with van der Waals surface area (Å²) in [7, 11) is 0. The van der Waals surface area contributed by atoms with E-state index in [1.165, 1.54) is 9.88 Å². The van der Waals surface area contributed by atoms with Crippen molar-refractivity contribution in [3.63, 3.8) is 0 Å². The van der Waals surface area contributed by atoms with Crippen LogP contribution in [0.3, 0.4) is 0 Å². The molecule has 3 nitrogen and oxygen atoms in total. The molecule has 1 N–H and O–H groups in total. The lowest BCUT2D eigenvalue weighted by Gasteiger charge is -2.00. The summed E-state index contributed by atoms with van der Waals surface area (Å²) >= 11 is 3.46. The van der Waals surface area contributed by atoms with E-state index in [-0.39, 0.29) is 0 Å². The van der Waals surface area contributed by atoms with E-state index in [2.05, 4.69) is 33.2 Å². The highest BCUT2D eigenvalue weighted by molar-refractivity contribution is 7.14. The summed E-state index contributed by atoms with van der Waals surface area (Å²) in [5.41, 5.74) is 1.10. The predicted octanol–water partition coefficient (Wildman–Crippen LogP) is 3.80. The molecule has 0 atom stereocenters. The molecule has 0 radical (unpaired) electrons. The first-order valence-corrected chi connectivity index (χ1v) is 7.89. The van der Waals surface area contributed by atoms with Crippen LogP contribution in [-0.4, -0.2) is 11.5 Å². The van der Waals surface area contributed by atoms with Gasteiger partial charge in [-0.2, -0.15) is 0 Å². The van der Waals surface area contributed by atoms with Gasteiger partial charge in [-0.3, -0.25) is 0 Å². The van der Waals surface area contributed by atoms with Gasteiger partial charge in [-0.05, 0) is 23.6 Å². The van der Waals surface area contributed by atoms with Crippen molar-refractivity contribution in [1.29, 1.82) is 0 Å². The SMILES string of the molecule is c1coc(CNCCc2nc(-c3cccs3)cs2)c1. The van der Waals surface area contributed by atoms with Gasteiger partial charge in [0, 0.05) is 18.3 Å². The van der Waals surface area contributed by atoms with E-state index in [1.807, 2.05) is 12.1 Å². The molecule has 5 heteroatoms. The number of nitrogens with one attached hydrogen (secondary N) is 1. The maximum Gasteiger partial charge on any atom is 0.117 e. The minimum absolute atomic E-state index is 0.774. The molecule has 3 heterocycles. The molecule has 0 aliphatic carbocycles. The summed E-state index contributed by atoms with van der Waals surface area (Å²) in [6.07, 6.45) is 2.65. The van der Waals surface area contributed by atoms with Crippen LogP contribution in [0.15, 0.2) is 45.7 Å². The van der Waals surface area contributed by atoms with E-state index >= 15 is 0 Å². The zero-order chi connectivity index (χ0) is 12.9. The third kappa shape index (κ3) is 3.32. The number of hydrogen-bond acceptors (Lipinski definition) is 5. The van der Waals surface area contributed by atoms with Crippen LogP contribution in [0.5, 0.6) is 0 Å². The summed E-state index contributed by atoms with van der Waals surface area (Å²) < 4.78 is 5.26. The van der Waals surface area contributed by atoms with Gasteiger partial charge >= 0.3 is 0 Å². The number of furan rings is 1. The monoisotopic (exact) mass is 290 g/mol. The lowest BCUT2D eigenvalue weighted by Crippen LogP contribution is -2.16. The van der Waals surface area contributed by atoms with Crippen LogP contribution in [-0.2, 0) is 13.0 Å². The summed E-state index contributed by atoms with van der Waals surface area (Å²) in [5, 5.41) is 8.75. The molecule has 3 aromatic heterocycles. The molecule has 0 saturated heterocycles. The lowest BCUT2D eigenvalue weighted by molar-refractivity contribution is 0.484. The maximum absolute atomic E-state index is 5.26. The Morgan fingerprint density at radius 2 is 2.21 bits per heavy atom. The lowest BCUT2D eigenvalue weighted by atomic mass is 10.4. The third-order valence-electron chi connectivity index (χ3n) is 2.72. The Labute approximate surface area is 119 Å². The first-order valence-electron chi connectivity index (χ1n) is 6.13. The number of rotatable bonds is 6. The average Bonchev–Trinajstić information content (AvgIpc) is 3.15. The number of aromatic nitrogens is 1. The van der Waals surface area contributed by atoms with Crippen LogP contribution in [0, 0.1) is 0 Å². The molecule has 3 aromatic rings. The van der Waals surface area contributed by atoms with E-state index in [0.29, 0.717) is 0 Å². The first kappa shape index (κ1) is 12.6. The number of thiazole rings is 1. The normalized spacial score (nSPS) is 10.9. The van der Waals surface area contributed by atoms with Crippen LogP contribution in [0.4, 0.5) is 0 Å². The van der Waals surface area contributed by atoms with Crippen molar-refractivity contribution >= 4 is 22.7 Å². The van der Waals surface area contributed by atoms with Gasteiger partial charge < -0.3 is 9.73 Å². The summed E-state index contributed by atoms with van der Waals surface area (Å²) in [6, 6.07) is 8.05. The zero-order valence-electron chi connectivity index (χ0n) is 10.3. The molecule has 0 aliphatic heterocycles. The second kappa shape index (κ2) is 6.14. The smallest absolute Gasteiger partial charge is 0.117 e. The number of nitrogens with zero attached hydrogens (tertiary/aromatic N) is 1. The molecule has 0 aliphatic rings. The van der Waals surface area contributed by atoms with Gasteiger partial charge in [0.1, 0.15) is 5.76 Å². The fourth-order valence-electron chi connectivity index (χ4n) is 1.78. The Balaban J connectivity index is 1.48. The maximum atomic E-state index is 5.26. The van der Waals surface area contributed by atoms with E-state index in [4.69, 9.17) is 4.42 Å². The predicted molar refractivity (Wildman–Crippen MR) is 79.5 cm³/mol. The molecule has 19 heavy (non-hydrogen) atoms. The Kier molecular flexibility index (Phi) is 4.07. The van der Waals surface area contributed by atoms with Crippen molar-refractivity contribution in [2.24, 2.45) is 0 Å². The molecule has 0 saturated carbocycles. The molecule has 0 amide bonds. The van der Waals surface area contributed by atoms with Crippen LogP contribution in [0.1, 0.15) is 10.8 Å². The van der Waals surface area contributed by atoms with Gasteiger partial charge in [-0.15, -0.1) is 22.7 Å². The molecule has 0 unspecified atom stereocenters. The molecule has 0 bridgehead atoms. The average molecular weight is 290 g/mol. The largest absolute Gasteiger partial charge is 0.468 e. The van der Waals surface area contributed by atoms with Gasteiger partial charge in [-0.1, -0.05) is 6.07 Å².